The van der Waals surface area contributed by atoms with Crippen LogP contribution in [-0.2, 0) is 6.42 Å². The molecule has 0 aliphatic heterocycles. The molecule has 0 heterocycles. The normalized spacial score (nSPS) is 12.8. The minimum atomic E-state index is 0.328. The van der Waals surface area contributed by atoms with Gasteiger partial charge in [-0.1, -0.05) is 30.2 Å². The van der Waals surface area contributed by atoms with Crippen molar-refractivity contribution < 1.29 is 0 Å². The first-order chi connectivity index (χ1) is 6.68. The van der Waals surface area contributed by atoms with E-state index < -0.39 is 0 Å². The van der Waals surface area contributed by atoms with Gasteiger partial charge in [0.15, 0.2) is 0 Å². The molecule has 1 unspecified atom stereocenters. The van der Waals surface area contributed by atoms with Crippen LogP contribution in [0.4, 0.5) is 0 Å². The molecule has 0 saturated carbocycles. The second-order valence-electron chi connectivity index (χ2n) is 3.85. The highest BCUT2D eigenvalue weighted by Crippen LogP contribution is 2.13. The number of hydrogen-bond acceptors (Lipinski definition) is 1. The highest BCUT2D eigenvalue weighted by Gasteiger charge is 1.96. The molecule has 0 spiro atoms. The molecule has 78 valence electrons. The number of unbranched alkanes of at least 4 members (excludes halogenated alkanes) is 1. The number of aryl methyl sites for hydroxylation is 1. The number of nitrogens with two attached hydrogens (primary N) is 1. The van der Waals surface area contributed by atoms with E-state index in [1.807, 2.05) is 18.2 Å². The number of rotatable bonds is 5. The third-order valence-electron chi connectivity index (χ3n) is 2.26. The van der Waals surface area contributed by atoms with Crippen molar-refractivity contribution in [3.05, 3.63) is 34.9 Å². The minimum absolute atomic E-state index is 0.328. The van der Waals surface area contributed by atoms with Crippen LogP contribution in [0.5, 0.6) is 0 Å². The molecule has 0 radical (unpaired) electrons. The van der Waals surface area contributed by atoms with Crippen LogP contribution in [0.15, 0.2) is 24.3 Å². The summed E-state index contributed by atoms with van der Waals surface area (Å²) in [7, 11) is 0. The third-order valence-corrected chi connectivity index (χ3v) is 2.50. The minimum Gasteiger partial charge on any atom is -0.328 e. The maximum absolute atomic E-state index is 5.89. The van der Waals surface area contributed by atoms with Gasteiger partial charge in [-0.05, 0) is 43.9 Å². The molecule has 0 fully saturated rings. The molecule has 1 aromatic carbocycles. The zero-order chi connectivity index (χ0) is 10.4. The quantitative estimate of drug-likeness (QED) is 0.743. The Hall–Kier alpha value is -0.530. The summed E-state index contributed by atoms with van der Waals surface area (Å²) in [5.74, 6) is 0. The van der Waals surface area contributed by atoms with Crippen LogP contribution in [-0.4, -0.2) is 6.04 Å². The van der Waals surface area contributed by atoms with Gasteiger partial charge in [0.1, 0.15) is 0 Å². The molecule has 0 aliphatic rings. The van der Waals surface area contributed by atoms with Crippen molar-refractivity contribution in [2.75, 3.05) is 0 Å². The summed E-state index contributed by atoms with van der Waals surface area (Å²) in [6.45, 7) is 2.05. The van der Waals surface area contributed by atoms with Crippen LogP contribution in [0.2, 0.25) is 5.02 Å². The van der Waals surface area contributed by atoms with E-state index in [0.29, 0.717) is 6.04 Å². The summed E-state index contributed by atoms with van der Waals surface area (Å²) in [5.41, 5.74) is 7.00. The summed E-state index contributed by atoms with van der Waals surface area (Å²) in [6.07, 6.45) is 4.61. The van der Waals surface area contributed by atoms with E-state index in [1.165, 1.54) is 18.4 Å². The van der Waals surface area contributed by atoms with E-state index in [0.717, 1.165) is 17.9 Å². The fourth-order valence-corrected chi connectivity index (χ4v) is 1.70. The lowest BCUT2D eigenvalue weighted by Crippen LogP contribution is -2.14. The molecule has 14 heavy (non-hydrogen) atoms. The first-order valence-corrected chi connectivity index (χ1v) is 5.56. The molecular formula is C12H18ClN. The zero-order valence-electron chi connectivity index (χ0n) is 8.67. The van der Waals surface area contributed by atoms with E-state index in [4.69, 9.17) is 17.3 Å². The zero-order valence-corrected chi connectivity index (χ0v) is 9.43. The van der Waals surface area contributed by atoms with Gasteiger partial charge in [0.25, 0.3) is 0 Å². The fourth-order valence-electron chi connectivity index (χ4n) is 1.49. The molecule has 0 aliphatic carbocycles. The van der Waals surface area contributed by atoms with Crippen LogP contribution in [0.1, 0.15) is 31.7 Å². The van der Waals surface area contributed by atoms with Gasteiger partial charge < -0.3 is 5.73 Å². The smallest absolute Gasteiger partial charge is 0.0408 e. The fraction of sp³-hybridized carbons (Fsp3) is 0.500. The number of halogens is 1. The molecule has 2 N–H and O–H groups in total. The first-order valence-electron chi connectivity index (χ1n) is 5.18. The molecule has 1 rings (SSSR count). The summed E-state index contributed by atoms with van der Waals surface area (Å²) < 4.78 is 0. The molecule has 0 aromatic heterocycles. The molecule has 0 amide bonds. The summed E-state index contributed by atoms with van der Waals surface area (Å²) in [5, 5.41) is 0.828. The van der Waals surface area contributed by atoms with E-state index in [9.17, 15) is 0 Å². The topological polar surface area (TPSA) is 26.0 Å². The van der Waals surface area contributed by atoms with E-state index in [2.05, 4.69) is 13.0 Å². The molecule has 2 heteroatoms. The Morgan fingerprint density at radius 2 is 2.14 bits per heavy atom. The van der Waals surface area contributed by atoms with Crippen molar-refractivity contribution in [2.24, 2.45) is 5.73 Å². The molecule has 1 nitrogen and oxygen atoms in total. The Morgan fingerprint density at radius 1 is 1.36 bits per heavy atom. The average Bonchev–Trinajstić information content (AvgIpc) is 2.12. The van der Waals surface area contributed by atoms with E-state index >= 15 is 0 Å². The SMILES string of the molecule is CC(N)CCCCc1cccc(Cl)c1. The Kier molecular flexibility index (Phi) is 4.99. The van der Waals surface area contributed by atoms with Gasteiger partial charge in [0.05, 0.1) is 0 Å². The van der Waals surface area contributed by atoms with Gasteiger partial charge in [0, 0.05) is 11.1 Å². The van der Waals surface area contributed by atoms with Gasteiger partial charge in [-0.3, -0.25) is 0 Å². The molecule has 0 bridgehead atoms. The Labute approximate surface area is 91.3 Å². The van der Waals surface area contributed by atoms with Crippen molar-refractivity contribution in [1.82, 2.24) is 0 Å². The van der Waals surface area contributed by atoms with Gasteiger partial charge >= 0.3 is 0 Å². The Bertz CT molecular complexity index is 271. The number of hydrogen-bond donors (Lipinski definition) is 1. The van der Waals surface area contributed by atoms with Crippen LogP contribution < -0.4 is 5.73 Å². The first kappa shape index (κ1) is 11.5. The summed E-state index contributed by atoms with van der Waals surface area (Å²) in [6, 6.07) is 8.40. The predicted octanol–water partition coefficient (Wildman–Crippen LogP) is 3.40. The Balaban J connectivity index is 2.25. The highest BCUT2D eigenvalue weighted by molar-refractivity contribution is 6.30. The average molecular weight is 212 g/mol. The van der Waals surface area contributed by atoms with Crippen molar-refractivity contribution in [3.8, 4) is 0 Å². The summed E-state index contributed by atoms with van der Waals surface area (Å²) >= 11 is 5.89. The van der Waals surface area contributed by atoms with E-state index in [1.54, 1.807) is 0 Å². The molecular weight excluding hydrogens is 194 g/mol. The molecule has 1 atom stereocenters. The molecule has 0 saturated heterocycles. The van der Waals surface area contributed by atoms with Gasteiger partial charge in [-0.25, -0.2) is 0 Å². The highest BCUT2D eigenvalue weighted by atomic mass is 35.5. The lowest BCUT2D eigenvalue weighted by molar-refractivity contribution is 0.597. The standard InChI is InChI=1S/C12H18ClN/c1-10(14)5-2-3-6-11-7-4-8-12(13)9-11/h4,7-10H,2-3,5-6,14H2,1H3. The van der Waals surface area contributed by atoms with Crippen LogP contribution in [0, 0.1) is 0 Å². The van der Waals surface area contributed by atoms with Crippen LogP contribution in [0.3, 0.4) is 0 Å². The lowest BCUT2D eigenvalue weighted by Gasteiger charge is -2.04. The maximum Gasteiger partial charge on any atom is 0.0408 e. The monoisotopic (exact) mass is 211 g/mol. The predicted molar refractivity (Wildman–Crippen MR) is 62.7 cm³/mol. The number of benzene rings is 1. The maximum atomic E-state index is 5.89. The lowest BCUT2D eigenvalue weighted by atomic mass is 10.1. The third kappa shape index (κ3) is 4.64. The van der Waals surface area contributed by atoms with Gasteiger partial charge in [-0.2, -0.15) is 0 Å². The van der Waals surface area contributed by atoms with Crippen molar-refractivity contribution >= 4 is 11.6 Å². The second-order valence-corrected chi connectivity index (χ2v) is 4.29. The Morgan fingerprint density at radius 3 is 2.79 bits per heavy atom. The molecule has 1 aromatic rings. The second kappa shape index (κ2) is 6.05. The van der Waals surface area contributed by atoms with Crippen molar-refractivity contribution in [2.45, 2.75) is 38.6 Å². The van der Waals surface area contributed by atoms with Crippen LogP contribution >= 0.6 is 11.6 Å². The van der Waals surface area contributed by atoms with Crippen molar-refractivity contribution in [3.63, 3.8) is 0 Å². The van der Waals surface area contributed by atoms with Gasteiger partial charge in [0.2, 0.25) is 0 Å². The summed E-state index contributed by atoms with van der Waals surface area (Å²) in [4.78, 5) is 0. The van der Waals surface area contributed by atoms with Crippen molar-refractivity contribution in [1.29, 1.82) is 0 Å². The van der Waals surface area contributed by atoms with Gasteiger partial charge in [-0.15, -0.1) is 0 Å². The van der Waals surface area contributed by atoms with Crippen LogP contribution in [0.25, 0.3) is 0 Å². The van der Waals surface area contributed by atoms with E-state index in [-0.39, 0.29) is 0 Å². The largest absolute Gasteiger partial charge is 0.328 e.